The number of hydrogen-bond acceptors (Lipinski definition) is 5. The topological polar surface area (TPSA) is 50.3 Å². The molecule has 3 aromatic rings. The molecule has 0 aliphatic carbocycles. The van der Waals surface area contributed by atoms with Crippen LogP contribution in [-0.4, -0.2) is 36.5 Å². The van der Waals surface area contributed by atoms with Crippen LogP contribution >= 0.6 is 0 Å². The van der Waals surface area contributed by atoms with Crippen LogP contribution in [-0.2, 0) is 10.9 Å². The summed E-state index contributed by atoms with van der Waals surface area (Å²) in [5.74, 6) is -1.49. The summed E-state index contributed by atoms with van der Waals surface area (Å²) in [5, 5.41) is 12.2. The minimum Gasteiger partial charge on any atom is -0.380 e. The Morgan fingerprint density at radius 2 is 1.82 bits per heavy atom. The van der Waals surface area contributed by atoms with Gasteiger partial charge in [-0.1, -0.05) is 12.1 Å². The smallest absolute Gasteiger partial charge is 0.380 e. The molecule has 174 valence electrons. The molecule has 2 fully saturated rings. The molecular weight excluding hydrogens is 443 g/mol. The van der Waals surface area contributed by atoms with Gasteiger partial charge in [0.25, 0.3) is 0 Å². The predicted molar refractivity (Wildman–Crippen MR) is 113 cm³/mol. The van der Waals surface area contributed by atoms with E-state index in [-0.39, 0.29) is 16.8 Å². The van der Waals surface area contributed by atoms with E-state index in [1.54, 1.807) is 13.0 Å². The lowest BCUT2D eigenvalue weighted by atomic mass is 9.77. The lowest BCUT2D eigenvalue weighted by molar-refractivity contribution is -0.140. The number of aromatic nitrogens is 2. The highest BCUT2D eigenvalue weighted by Crippen LogP contribution is 2.42. The van der Waals surface area contributed by atoms with E-state index in [1.165, 1.54) is 19.1 Å². The third-order valence-electron chi connectivity index (χ3n) is 6.40. The zero-order valence-corrected chi connectivity index (χ0v) is 17.9. The first-order valence-corrected chi connectivity index (χ1v) is 10.5. The molecule has 0 unspecified atom stereocenters. The van der Waals surface area contributed by atoms with Gasteiger partial charge in [-0.2, -0.15) is 18.3 Å². The van der Waals surface area contributed by atoms with Crippen LogP contribution in [0.1, 0.15) is 29.8 Å². The molecule has 33 heavy (non-hydrogen) atoms. The van der Waals surface area contributed by atoms with Gasteiger partial charge in [0.05, 0.1) is 41.6 Å². The molecular formula is C23H21F5N4O. The zero-order chi connectivity index (χ0) is 23.5. The fourth-order valence-corrected chi connectivity index (χ4v) is 4.53. The summed E-state index contributed by atoms with van der Waals surface area (Å²) in [5.41, 5.74) is -0.480. The molecule has 1 spiro atoms. The fourth-order valence-electron chi connectivity index (χ4n) is 4.53. The first-order valence-electron chi connectivity index (χ1n) is 10.5. The predicted octanol–water partition coefficient (Wildman–Crippen LogP) is 5.24. The normalized spacial score (nSPS) is 18.2. The second kappa shape index (κ2) is 7.51. The Kier molecular flexibility index (Phi) is 4.97. The maximum atomic E-state index is 14.9. The SMILES string of the molecule is Cc1nnc(N[C@H](C)c2cccc(C(F)(F)F)c2F)c2cc(N3CC4(COC4)C3)c(F)cc12. The number of anilines is 2. The quantitative estimate of drug-likeness (QED) is 0.535. The van der Waals surface area contributed by atoms with Crippen molar-refractivity contribution in [3.05, 3.63) is 58.8 Å². The number of nitrogens with one attached hydrogen (secondary N) is 1. The molecule has 1 N–H and O–H groups in total. The van der Waals surface area contributed by atoms with Gasteiger partial charge in [0.15, 0.2) is 5.82 Å². The first-order chi connectivity index (χ1) is 15.6. The number of nitrogens with zero attached hydrogens (tertiary/aromatic N) is 3. The highest BCUT2D eigenvalue weighted by atomic mass is 19.4. The van der Waals surface area contributed by atoms with Crippen molar-refractivity contribution in [2.75, 3.05) is 36.5 Å². The number of hydrogen-bond donors (Lipinski definition) is 1. The van der Waals surface area contributed by atoms with Crippen LogP contribution in [0.3, 0.4) is 0 Å². The van der Waals surface area contributed by atoms with Crippen LogP contribution in [0.15, 0.2) is 30.3 Å². The molecule has 2 saturated heterocycles. The molecule has 2 aromatic carbocycles. The summed E-state index contributed by atoms with van der Waals surface area (Å²) >= 11 is 0. The van der Waals surface area contributed by atoms with Gasteiger partial charge >= 0.3 is 6.18 Å². The van der Waals surface area contributed by atoms with E-state index >= 15 is 0 Å². The van der Waals surface area contributed by atoms with Crippen LogP contribution in [0.5, 0.6) is 0 Å². The standard InChI is InChI=1S/C23H21F5N4O/c1-12(14-4-3-5-17(20(14)25)23(26,27)28)29-21-16-7-19(32-8-22(9-32)10-33-11-22)18(24)6-15(16)13(2)30-31-21/h3-7,12H,8-11H2,1-2H3,(H,29,31)/t12-/m1/s1. The Morgan fingerprint density at radius 3 is 2.45 bits per heavy atom. The van der Waals surface area contributed by atoms with Gasteiger partial charge in [0.2, 0.25) is 0 Å². The van der Waals surface area contributed by atoms with E-state index in [0.29, 0.717) is 54.5 Å². The number of rotatable bonds is 4. The highest BCUT2D eigenvalue weighted by molar-refractivity contribution is 5.95. The summed E-state index contributed by atoms with van der Waals surface area (Å²) in [6.45, 7) is 5.92. The van der Waals surface area contributed by atoms with Gasteiger partial charge in [-0.15, -0.1) is 5.10 Å². The van der Waals surface area contributed by atoms with Crippen molar-refractivity contribution in [1.82, 2.24) is 10.2 Å². The molecule has 2 aliphatic rings. The van der Waals surface area contributed by atoms with Gasteiger partial charge in [-0.25, -0.2) is 8.78 Å². The van der Waals surface area contributed by atoms with Crippen molar-refractivity contribution >= 4 is 22.3 Å². The summed E-state index contributed by atoms with van der Waals surface area (Å²) in [4.78, 5) is 1.92. The molecule has 5 rings (SSSR count). The molecule has 0 saturated carbocycles. The molecule has 0 radical (unpaired) electrons. The van der Waals surface area contributed by atoms with Gasteiger partial charge in [0.1, 0.15) is 11.6 Å². The number of alkyl halides is 3. The highest BCUT2D eigenvalue weighted by Gasteiger charge is 2.49. The number of aryl methyl sites for hydroxylation is 1. The van der Waals surface area contributed by atoms with Crippen molar-refractivity contribution < 1.29 is 26.7 Å². The van der Waals surface area contributed by atoms with Gasteiger partial charge in [-0.3, -0.25) is 0 Å². The van der Waals surface area contributed by atoms with Crippen molar-refractivity contribution in [1.29, 1.82) is 0 Å². The Balaban J connectivity index is 1.49. The molecule has 0 amide bonds. The summed E-state index contributed by atoms with van der Waals surface area (Å²) in [6, 6.07) is 5.36. The molecule has 3 heterocycles. The van der Waals surface area contributed by atoms with Crippen molar-refractivity contribution in [2.24, 2.45) is 5.41 Å². The van der Waals surface area contributed by atoms with Gasteiger partial charge in [0, 0.05) is 29.4 Å². The third-order valence-corrected chi connectivity index (χ3v) is 6.40. The Labute approximate surface area is 186 Å². The van der Waals surface area contributed by atoms with E-state index in [4.69, 9.17) is 4.74 Å². The Morgan fingerprint density at radius 1 is 1.09 bits per heavy atom. The maximum Gasteiger partial charge on any atom is 0.419 e. The van der Waals surface area contributed by atoms with Crippen LogP contribution in [0.2, 0.25) is 0 Å². The van der Waals surface area contributed by atoms with Crippen molar-refractivity contribution in [2.45, 2.75) is 26.1 Å². The van der Waals surface area contributed by atoms with E-state index in [1.807, 2.05) is 4.90 Å². The second-order valence-electron chi connectivity index (χ2n) is 8.90. The second-order valence-corrected chi connectivity index (χ2v) is 8.90. The van der Waals surface area contributed by atoms with Crippen LogP contribution in [0.25, 0.3) is 10.8 Å². The molecule has 1 atom stereocenters. The number of halogens is 5. The van der Waals surface area contributed by atoms with Crippen LogP contribution in [0, 0.1) is 24.0 Å². The zero-order valence-electron chi connectivity index (χ0n) is 17.9. The molecule has 1 aromatic heterocycles. The van der Waals surface area contributed by atoms with E-state index in [9.17, 15) is 22.0 Å². The molecule has 2 aliphatic heterocycles. The molecule has 10 heteroatoms. The minimum absolute atomic E-state index is 0.0877. The molecule has 0 bridgehead atoms. The Bertz CT molecular complexity index is 1230. The van der Waals surface area contributed by atoms with Crippen molar-refractivity contribution in [3.63, 3.8) is 0 Å². The summed E-state index contributed by atoms with van der Waals surface area (Å²) in [6.07, 6.45) is -4.80. The van der Waals surface area contributed by atoms with Crippen molar-refractivity contribution in [3.8, 4) is 0 Å². The van der Waals surface area contributed by atoms with E-state index in [2.05, 4.69) is 15.5 Å². The number of ether oxygens (including phenoxy) is 1. The first kappa shape index (κ1) is 21.8. The van der Waals surface area contributed by atoms with Gasteiger partial charge < -0.3 is 15.0 Å². The average Bonchev–Trinajstić information content (AvgIpc) is 2.68. The van der Waals surface area contributed by atoms with Crippen LogP contribution < -0.4 is 10.2 Å². The lowest BCUT2D eigenvalue weighted by Gasteiger charge is -2.56. The van der Waals surface area contributed by atoms with Gasteiger partial charge in [-0.05, 0) is 32.0 Å². The third kappa shape index (κ3) is 3.66. The number of benzene rings is 2. The largest absolute Gasteiger partial charge is 0.419 e. The fraction of sp³-hybridized carbons (Fsp3) is 0.391. The molecule has 5 nitrogen and oxygen atoms in total. The minimum atomic E-state index is -4.80. The lowest BCUT2D eigenvalue weighted by Crippen LogP contribution is -2.66. The van der Waals surface area contributed by atoms with Crippen LogP contribution in [0.4, 0.5) is 33.5 Å². The summed E-state index contributed by atoms with van der Waals surface area (Å²) < 4.78 is 74.2. The average molecular weight is 464 g/mol. The summed E-state index contributed by atoms with van der Waals surface area (Å²) in [7, 11) is 0. The maximum absolute atomic E-state index is 14.9. The monoisotopic (exact) mass is 464 g/mol. The van der Waals surface area contributed by atoms with E-state index < -0.39 is 29.4 Å². The number of fused-ring (bicyclic) bond motifs is 1. The Hall–Kier alpha value is -3.01. The van der Waals surface area contributed by atoms with E-state index in [0.717, 1.165) is 6.07 Å².